The highest BCUT2D eigenvalue weighted by Gasteiger charge is 2.15. The molecule has 0 bridgehead atoms. The van der Waals surface area contributed by atoms with Crippen molar-refractivity contribution in [2.45, 2.75) is 19.3 Å². The van der Waals surface area contributed by atoms with Crippen molar-refractivity contribution in [3.63, 3.8) is 0 Å². The molecule has 0 spiro atoms. The number of methoxy groups -OCH3 is 1. The fourth-order valence-electron chi connectivity index (χ4n) is 2.64. The van der Waals surface area contributed by atoms with Gasteiger partial charge in [0.2, 0.25) is 0 Å². The van der Waals surface area contributed by atoms with Gasteiger partial charge in [0, 0.05) is 12.5 Å². The first-order valence-electron chi connectivity index (χ1n) is 6.58. The number of ether oxygens (including phenoxy) is 1. The van der Waals surface area contributed by atoms with Gasteiger partial charge in [-0.25, -0.2) is 4.98 Å². The molecular formula is C14H19N3O. The maximum atomic E-state index is 5.22. The van der Waals surface area contributed by atoms with Gasteiger partial charge in [0.15, 0.2) is 0 Å². The number of aromatic amines is 1. The molecule has 1 aromatic heterocycles. The Labute approximate surface area is 107 Å². The normalized spacial score (nSPS) is 20.2. The van der Waals surface area contributed by atoms with Crippen LogP contribution in [0.15, 0.2) is 18.2 Å². The summed E-state index contributed by atoms with van der Waals surface area (Å²) in [6.07, 6.45) is 3.61. The number of aromatic nitrogens is 2. The zero-order valence-electron chi connectivity index (χ0n) is 10.7. The summed E-state index contributed by atoms with van der Waals surface area (Å²) in [4.78, 5) is 8.04. The second kappa shape index (κ2) is 4.98. The third-order valence-corrected chi connectivity index (χ3v) is 3.62. The van der Waals surface area contributed by atoms with Crippen molar-refractivity contribution in [1.29, 1.82) is 0 Å². The number of H-pyrrole nitrogens is 1. The smallest absolute Gasteiger partial charge is 0.121 e. The molecule has 1 atom stereocenters. The second-order valence-corrected chi connectivity index (χ2v) is 4.98. The van der Waals surface area contributed by atoms with Gasteiger partial charge in [-0.15, -0.1) is 0 Å². The number of fused-ring (bicyclic) bond motifs is 1. The van der Waals surface area contributed by atoms with Gasteiger partial charge in [-0.05, 0) is 44.0 Å². The molecule has 96 valence electrons. The Balaban J connectivity index is 1.79. The van der Waals surface area contributed by atoms with Crippen LogP contribution in [0.3, 0.4) is 0 Å². The minimum absolute atomic E-state index is 0.709. The van der Waals surface area contributed by atoms with E-state index in [0.29, 0.717) is 5.92 Å². The van der Waals surface area contributed by atoms with E-state index in [1.807, 2.05) is 18.2 Å². The lowest BCUT2D eigenvalue weighted by Crippen LogP contribution is -2.31. The summed E-state index contributed by atoms with van der Waals surface area (Å²) < 4.78 is 5.22. The zero-order chi connectivity index (χ0) is 12.4. The number of hydrogen-bond acceptors (Lipinski definition) is 3. The maximum absolute atomic E-state index is 5.22. The van der Waals surface area contributed by atoms with Crippen LogP contribution >= 0.6 is 0 Å². The highest BCUT2D eigenvalue weighted by molar-refractivity contribution is 5.76. The van der Waals surface area contributed by atoms with Gasteiger partial charge < -0.3 is 15.0 Å². The van der Waals surface area contributed by atoms with E-state index in [1.54, 1.807) is 7.11 Å². The predicted octanol–water partition coefficient (Wildman–Crippen LogP) is 2.11. The van der Waals surface area contributed by atoms with E-state index in [-0.39, 0.29) is 0 Å². The van der Waals surface area contributed by atoms with Crippen LogP contribution < -0.4 is 10.1 Å². The van der Waals surface area contributed by atoms with E-state index in [9.17, 15) is 0 Å². The van der Waals surface area contributed by atoms with Crippen LogP contribution in [0.5, 0.6) is 5.75 Å². The number of nitrogens with one attached hydrogen (secondary N) is 2. The Bertz CT molecular complexity index is 529. The molecule has 1 unspecified atom stereocenters. The summed E-state index contributed by atoms with van der Waals surface area (Å²) >= 11 is 0. The third-order valence-electron chi connectivity index (χ3n) is 3.62. The van der Waals surface area contributed by atoms with E-state index in [0.717, 1.165) is 42.1 Å². The minimum atomic E-state index is 0.709. The van der Waals surface area contributed by atoms with Crippen LogP contribution in [0.4, 0.5) is 0 Å². The van der Waals surface area contributed by atoms with Crippen LogP contribution in [-0.2, 0) is 6.42 Å². The molecule has 0 radical (unpaired) electrons. The molecule has 18 heavy (non-hydrogen) atoms. The summed E-state index contributed by atoms with van der Waals surface area (Å²) in [5.41, 5.74) is 2.09. The van der Waals surface area contributed by atoms with Gasteiger partial charge in [0.05, 0.1) is 18.1 Å². The molecule has 0 aliphatic carbocycles. The highest BCUT2D eigenvalue weighted by Crippen LogP contribution is 2.21. The Morgan fingerprint density at radius 2 is 2.39 bits per heavy atom. The fraction of sp³-hybridized carbons (Fsp3) is 0.500. The first-order chi connectivity index (χ1) is 8.85. The van der Waals surface area contributed by atoms with Gasteiger partial charge in [-0.2, -0.15) is 0 Å². The second-order valence-electron chi connectivity index (χ2n) is 4.98. The summed E-state index contributed by atoms with van der Waals surface area (Å²) in [5.74, 6) is 2.67. The number of piperidine rings is 1. The van der Waals surface area contributed by atoms with Crippen LogP contribution in [0.2, 0.25) is 0 Å². The van der Waals surface area contributed by atoms with E-state index < -0.39 is 0 Å². The quantitative estimate of drug-likeness (QED) is 0.870. The number of hydrogen-bond donors (Lipinski definition) is 2. The largest absolute Gasteiger partial charge is 0.497 e. The Kier molecular flexibility index (Phi) is 3.19. The molecule has 4 nitrogen and oxygen atoms in total. The minimum Gasteiger partial charge on any atom is -0.497 e. The van der Waals surface area contributed by atoms with Crippen molar-refractivity contribution in [2.75, 3.05) is 20.2 Å². The number of benzene rings is 1. The van der Waals surface area contributed by atoms with Gasteiger partial charge in [0.25, 0.3) is 0 Å². The molecule has 1 fully saturated rings. The molecule has 0 amide bonds. The molecular weight excluding hydrogens is 226 g/mol. The summed E-state index contributed by atoms with van der Waals surface area (Å²) in [7, 11) is 1.69. The molecule has 1 aromatic carbocycles. The molecule has 0 saturated carbocycles. The average Bonchev–Trinajstić information content (AvgIpc) is 2.80. The van der Waals surface area contributed by atoms with Gasteiger partial charge in [-0.1, -0.05) is 0 Å². The lowest BCUT2D eigenvalue weighted by atomic mass is 9.96. The monoisotopic (exact) mass is 245 g/mol. The standard InChI is InChI=1S/C14H19N3O/c1-18-11-4-5-12-13(8-11)17-14(16-12)7-10-3-2-6-15-9-10/h4-5,8,10,15H,2-3,6-7,9H2,1H3,(H,16,17). The molecule has 2 heterocycles. The molecule has 1 saturated heterocycles. The summed E-state index contributed by atoms with van der Waals surface area (Å²) in [6, 6.07) is 5.97. The van der Waals surface area contributed by atoms with Crippen LogP contribution in [0.25, 0.3) is 11.0 Å². The summed E-state index contributed by atoms with van der Waals surface area (Å²) in [5, 5.41) is 3.45. The molecule has 3 rings (SSSR count). The van der Waals surface area contributed by atoms with E-state index in [1.165, 1.54) is 12.8 Å². The molecule has 4 heteroatoms. The van der Waals surface area contributed by atoms with Crippen molar-refractivity contribution in [2.24, 2.45) is 5.92 Å². The van der Waals surface area contributed by atoms with Crippen molar-refractivity contribution in [1.82, 2.24) is 15.3 Å². The Hall–Kier alpha value is -1.55. The first kappa shape index (κ1) is 11.5. The SMILES string of the molecule is COc1ccc2nc(CC3CCCNC3)[nH]c2c1. The lowest BCUT2D eigenvalue weighted by Gasteiger charge is -2.21. The van der Waals surface area contributed by atoms with E-state index in [2.05, 4.69) is 15.3 Å². The highest BCUT2D eigenvalue weighted by atomic mass is 16.5. The fourth-order valence-corrected chi connectivity index (χ4v) is 2.64. The number of rotatable bonds is 3. The number of imidazole rings is 1. The summed E-state index contributed by atoms with van der Waals surface area (Å²) in [6.45, 7) is 2.27. The molecule has 1 aliphatic rings. The van der Waals surface area contributed by atoms with E-state index in [4.69, 9.17) is 4.74 Å². The third kappa shape index (κ3) is 2.34. The van der Waals surface area contributed by atoms with E-state index >= 15 is 0 Å². The lowest BCUT2D eigenvalue weighted by molar-refractivity contribution is 0.371. The Morgan fingerprint density at radius 1 is 1.44 bits per heavy atom. The van der Waals surface area contributed by atoms with Crippen molar-refractivity contribution in [3.05, 3.63) is 24.0 Å². The predicted molar refractivity (Wildman–Crippen MR) is 71.9 cm³/mol. The number of nitrogens with zero attached hydrogens (tertiary/aromatic N) is 1. The van der Waals surface area contributed by atoms with Gasteiger partial charge in [-0.3, -0.25) is 0 Å². The van der Waals surface area contributed by atoms with Crippen molar-refractivity contribution in [3.8, 4) is 5.75 Å². The van der Waals surface area contributed by atoms with Crippen LogP contribution in [0.1, 0.15) is 18.7 Å². The van der Waals surface area contributed by atoms with Gasteiger partial charge in [0.1, 0.15) is 11.6 Å². The Morgan fingerprint density at radius 3 is 3.17 bits per heavy atom. The van der Waals surface area contributed by atoms with Crippen LogP contribution in [0, 0.1) is 5.92 Å². The maximum Gasteiger partial charge on any atom is 0.121 e. The van der Waals surface area contributed by atoms with Crippen molar-refractivity contribution < 1.29 is 4.74 Å². The van der Waals surface area contributed by atoms with Gasteiger partial charge >= 0.3 is 0 Å². The molecule has 1 aliphatic heterocycles. The van der Waals surface area contributed by atoms with Crippen LogP contribution in [-0.4, -0.2) is 30.2 Å². The zero-order valence-corrected chi connectivity index (χ0v) is 10.7. The van der Waals surface area contributed by atoms with Crippen molar-refractivity contribution >= 4 is 11.0 Å². The molecule has 2 N–H and O–H groups in total. The topological polar surface area (TPSA) is 49.9 Å². The first-order valence-corrected chi connectivity index (χ1v) is 6.58. The molecule has 2 aromatic rings. The average molecular weight is 245 g/mol.